The first-order valence-electron chi connectivity index (χ1n) is 6.79. The number of anilines is 3. The molecule has 0 spiro atoms. The predicted octanol–water partition coefficient (Wildman–Crippen LogP) is 4.55. The molecule has 1 amide bonds. The second kappa shape index (κ2) is 6.31. The van der Waals surface area contributed by atoms with E-state index in [4.69, 9.17) is 4.42 Å². The van der Waals surface area contributed by atoms with Gasteiger partial charge in [0.1, 0.15) is 0 Å². The lowest BCUT2D eigenvalue weighted by atomic mass is 10.2. The van der Waals surface area contributed by atoms with Crippen LogP contribution in [0.5, 0.6) is 0 Å². The van der Waals surface area contributed by atoms with Gasteiger partial charge in [-0.3, -0.25) is 4.79 Å². The van der Waals surface area contributed by atoms with Crippen LogP contribution in [0.4, 0.5) is 25.8 Å². The Kier molecular flexibility index (Phi) is 4.05. The van der Waals surface area contributed by atoms with E-state index in [9.17, 15) is 13.6 Å². The predicted molar refractivity (Wildman–Crippen MR) is 82.7 cm³/mol. The number of benzene rings is 2. The molecule has 2 aromatic carbocycles. The fraction of sp³-hybridized carbons (Fsp3) is 0. The molecule has 0 aliphatic carbocycles. The Bertz CT molecular complexity index is 815. The van der Waals surface area contributed by atoms with E-state index in [1.165, 1.54) is 12.3 Å². The van der Waals surface area contributed by atoms with Gasteiger partial charge in [0.05, 0.1) is 6.26 Å². The van der Waals surface area contributed by atoms with Crippen LogP contribution in [0.3, 0.4) is 0 Å². The van der Waals surface area contributed by atoms with Gasteiger partial charge in [0.25, 0.3) is 5.91 Å². The quantitative estimate of drug-likeness (QED) is 0.742. The first kappa shape index (κ1) is 14.8. The van der Waals surface area contributed by atoms with Crippen LogP contribution in [-0.4, -0.2) is 5.91 Å². The summed E-state index contributed by atoms with van der Waals surface area (Å²) >= 11 is 0. The zero-order valence-electron chi connectivity index (χ0n) is 11.8. The Morgan fingerprint density at radius 2 is 1.57 bits per heavy atom. The highest BCUT2D eigenvalue weighted by Crippen LogP contribution is 2.21. The van der Waals surface area contributed by atoms with Gasteiger partial charge in [-0.2, -0.15) is 0 Å². The van der Waals surface area contributed by atoms with Crippen LogP contribution in [0.15, 0.2) is 65.3 Å². The summed E-state index contributed by atoms with van der Waals surface area (Å²) < 4.78 is 31.0. The second-order valence-electron chi connectivity index (χ2n) is 4.76. The van der Waals surface area contributed by atoms with E-state index in [0.717, 1.165) is 12.1 Å². The maximum atomic E-state index is 13.2. The van der Waals surface area contributed by atoms with Gasteiger partial charge in [0.2, 0.25) is 0 Å². The lowest BCUT2D eigenvalue weighted by Gasteiger charge is -2.08. The van der Waals surface area contributed by atoms with Crippen molar-refractivity contribution >= 4 is 23.0 Å². The number of halogens is 2. The summed E-state index contributed by atoms with van der Waals surface area (Å²) in [6, 6.07) is 13.5. The molecular weight excluding hydrogens is 302 g/mol. The lowest BCUT2D eigenvalue weighted by Crippen LogP contribution is -2.10. The number of amides is 1. The molecule has 0 atom stereocenters. The van der Waals surface area contributed by atoms with Crippen LogP contribution in [0.25, 0.3) is 0 Å². The Morgan fingerprint density at radius 1 is 0.870 bits per heavy atom. The number of rotatable bonds is 4. The first-order chi connectivity index (χ1) is 11.1. The van der Waals surface area contributed by atoms with Crippen molar-refractivity contribution in [3.8, 4) is 0 Å². The standard InChI is InChI=1S/C17H12F2N2O2/c18-14-8-7-13(10-15(14)19)20-11-3-5-12(6-4-11)21-17(22)16-2-1-9-23-16/h1-10,20H,(H,21,22). The van der Waals surface area contributed by atoms with Crippen molar-refractivity contribution in [1.29, 1.82) is 0 Å². The maximum Gasteiger partial charge on any atom is 0.291 e. The molecular formula is C17H12F2N2O2. The monoisotopic (exact) mass is 314 g/mol. The highest BCUT2D eigenvalue weighted by atomic mass is 19.2. The highest BCUT2D eigenvalue weighted by Gasteiger charge is 2.08. The van der Waals surface area contributed by atoms with E-state index in [2.05, 4.69) is 10.6 Å². The molecule has 116 valence electrons. The summed E-state index contributed by atoms with van der Waals surface area (Å²) in [6.45, 7) is 0. The number of hydrogen-bond acceptors (Lipinski definition) is 3. The van der Waals surface area contributed by atoms with Gasteiger partial charge < -0.3 is 15.1 Å². The van der Waals surface area contributed by atoms with Gasteiger partial charge in [0.15, 0.2) is 17.4 Å². The van der Waals surface area contributed by atoms with Crippen molar-refractivity contribution < 1.29 is 18.0 Å². The Labute approximate surface area is 130 Å². The van der Waals surface area contributed by atoms with Crippen LogP contribution in [0, 0.1) is 11.6 Å². The Morgan fingerprint density at radius 3 is 2.22 bits per heavy atom. The molecule has 6 heteroatoms. The van der Waals surface area contributed by atoms with E-state index >= 15 is 0 Å². The average molecular weight is 314 g/mol. The molecule has 4 nitrogen and oxygen atoms in total. The van der Waals surface area contributed by atoms with Gasteiger partial charge in [-0.25, -0.2) is 8.78 Å². The summed E-state index contributed by atoms with van der Waals surface area (Å²) in [6.07, 6.45) is 1.42. The number of hydrogen-bond donors (Lipinski definition) is 2. The van der Waals surface area contributed by atoms with E-state index in [1.807, 2.05) is 0 Å². The van der Waals surface area contributed by atoms with E-state index < -0.39 is 11.6 Å². The minimum Gasteiger partial charge on any atom is -0.459 e. The number of carbonyl (C=O) groups is 1. The Hall–Kier alpha value is -3.15. The van der Waals surface area contributed by atoms with Crippen molar-refractivity contribution in [2.45, 2.75) is 0 Å². The molecule has 0 radical (unpaired) electrons. The molecule has 2 N–H and O–H groups in total. The molecule has 0 saturated heterocycles. The summed E-state index contributed by atoms with van der Waals surface area (Å²) in [5, 5.41) is 5.62. The second-order valence-corrected chi connectivity index (χ2v) is 4.76. The fourth-order valence-electron chi connectivity index (χ4n) is 1.98. The largest absolute Gasteiger partial charge is 0.459 e. The maximum absolute atomic E-state index is 13.2. The molecule has 0 fully saturated rings. The van der Waals surface area contributed by atoms with Crippen molar-refractivity contribution in [3.63, 3.8) is 0 Å². The van der Waals surface area contributed by atoms with Crippen molar-refractivity contribution in [3.05, 3.63) is 78.3 Å². The first-order valence-corrected chi connectivity index (χ1v) is 6.79. The lowest BCUT2D eigenvalue weighted by molar-refractivity contribution is 0.0996. The summed E-state index contributed by atoms with van der Waals surface area (Å²) in [4.78, 5) is 11.8. The van der Waals surface area contributed by atoms with Crippen LogP contribution in [0.1, 0.15) is 10.6 Å². The molecule has 0 unspecified atom stereocenters. The zero-order chi connectivity index (χ0) is 16.2. The van der Waals surface area contributed by atoms with Crippen LogP contribution in [0.2, 0.25) is 0 Å². The van der Waals surface area contributed by atoms with Crippen LogP contribution < -0.4 is 10.6 Å². The van der Waals surface area contributed by atoms with Crippen LogP contribution in [-0.2, 0) is 0 Å². The summed E-state index contributed by atoms with van der Waals surface area (Å²) in [7, 11) is 0. The average Bonchev–Trinajstić information content (AvgIpc) is 3.07. The van der Waals surface area contributed by atoms with Gasteiger partial charge in [-0.05, 0) is 48.5 Å². The molecule has 0 saturated carbocycles. The van der Waals surface area contributed by atoms with Crippen molar-refractivity contribution in [2.75, 3.05) is 10.6 Å². The molecule has 3 rings (SSSR count). The van der Waals surface area contributed by atoms with E-state index in [-0.39, 0.29) is 11.7 Å². The molecule has 1 aromatic heterocycles. The Balaban J connectivity index is 1.67. The van der Waals surface area contributed by atoms with Gasteiger partial charge in [-0.15, -0.1) is 0 Å². The van der Waals surface area contributed by atoms with E-state index in [1.54, 1.807) is 36.4 Å². The normalized spacial score (nSPS) is 10.3. The molecule has 0 aliphatic heterocycles. The zero-order valence-corrected chi connectivity index (χ0v) is 11.8. The SMILES string of the molecule is O=C(Nc1ccc(Nc2ccc(F)c(F)c2)cc1)c1ccco1. The third-order valence-corrected chi connectivity index (χ3v) is 3.10. The molecule has 3 aromatic rings. The number of furan rings is 1. The summed E-state index contributed by atoms with van der Waals surface area (Å²) in [5.41, 5.74) is 1.69. The molecule has 1 heterocycles. The van der Waals surface area contributed by atoms with Crippen molar-refractivity contribution in [2.24, 2.45) is 0 Å². The summed E-state index contributed by atoms with van der Waals surface area (Å²) in [5.74, 6) is -1.95. The highest BCUT2D eigenvalue weighted by molar-refractivity contribution is 6.02. The van der Waals surface area contributed by atoms with Gasteiger partial charge in [-0.1, -0.05) is 0 Å². The third kappa shape index (κ3) is 3.55. The van der Waals surface area contributed by atoms with E-state index in [0.29, 0.717) is 17.1 Å². The smallest absolute Gasteiger partial charge is 0.291 e. The van der Waals surface area contributed by atoms with Crippen LogP contribution >= 0.6 is 0 Å². The molecule has 0 aliphatic rings. The topological polar surface area (TPSA) is 54.3 Å². The van der Waals surface area contributed by atoms with Gasteiger partial charge >= 0.3 is 0 Å². The minimum absolute atomic E-state index is 0.217. The molecule has 0 bridgehead atoms. The molecule has 23 heavy (non-hydrogen) atoms. The van der Waals surface area contributed by atoms with Crippen molar-refractivity contribution in [1.82, 2.24) is 0 Å². The third-order valence-electron chi connectivity index (χ3n) is 3.10. The number of nitrogens with one attached hydrogen (secondary N) is 2. The minimum atomic E-state index is -0.919. The fourth-order valence-corrected chi connectivity index (χ4v) is 1.98. The number of carbonyl (C=O) groups excluding carboxylic acids is 1. The van der Waals surface area contributed by atoms with Gasteiger partial charge in [0, 0.05) is 23.1 Å².